The van der Waals surface area contributed by atoms with Crippen LogP contribution in [-0.4, -0.2) is 43.9 Å². The Balaban J connectivity index is 2.51. The lowest BCUT2D eigenvalue weighted by molar-refractivity contribution is -0.139. The minimum atomic E-state index is -0.670. The van der Waals surface area contributed by atoms with Gasteiger partial charge in [0.05, 0.1) is 12.3 Å². The molecule has 6 heteroatoms. The molecule has 2 N–H and O–H groups in total. The van der Waals surface area contributed by atoms with E-state index < -0.39 is 11.8 Å². The number of rotatable bonds is 6. The molecule has 2 amide bonds. The maximum Gasteiger partial charge on any atom is 0.309 e. The van der Waals surface area contributed by atoms with Gasteiger partial charge in [-0.3, -0.25) is 14.5 Å². The molecule has 6 nitrogen and oxygen atoms in total. The van der Waals surface area contributed by atoms with Gasteiger partial charge in [0, 0.05) is 13.1 Å². The van der Waals surface area contributed by atoms with Crippen LogP contribution in [0.3, 0.4) is 0 Å². The highest BCUT2D eigenvalue weighted by atomic mass is 16.3. The van der Waals surface area contributed by atoms with E-state index in [9.17, 15) is 9.59 Å². The van der Waals surface area contributed by atoms with E-state index in [-0.39, 0.29) is 12.6 Å². The third-order valence-electron chi connectivity index (χ3n) is 2.56. The van der Waals surface area contributed by atoms with Crippen LogP contribution in [-0.2, 0) is 9.59 Å². The molecule has 0 aliphatic heterocycles. The number of nitrogens with one attached hydrogen (secondary N) is 2. The molecule has 1 rings (SSSR count). The molecular weight excluding hydrogens is 246 g/mol. The molecule has 0 spiro atoms. The molecule has 1 atom stereocenters. The first-order valence-electron chi connectivity index (χ1n) is 5.93. The summed E-state index contributed by atoms with van der Waals surface area (Å²) in [6, 6.07) is 3.49. The van der Waals surface area contributed by atoms with Crippen LogP contribution in [0, 0.1) is 0 Å². The van der Waals surface area contributed by atoms with Crippen molar-refractivity contribution in [1.29, 1.82) is 0 Å². The summed E-state index contributed by atoms with van der Waals surface area (Å²) in [4.78, 5) is 24.8. The Labute approximate surface area is 112 Å². The molecule has 1 heterocycles. The lowest BCUT2D eigenvalue weighted by Gasteiger charge is -2.22. The van der Waals surface area contributed by atoms with Crippen LogP contribution in [0.4, 0.5) is 0 Å². The van der Waals surface area contributed by atoms with Crippen LogP contribution < -0.4 is 10.6 Å². The molecule has 0 fully saturated rings. The Morgan fingerprint density at radius 3 is 2.63 bits per heavy atom. The quantitative estimate of drug-likeness (QED) is 0.573. The zero-order chi connectivity index (χ0) is 14.3. The van der Waals surface area contributed by atoms with Crippen LogP contribution >= 0.6 is 0 Å². The van der Waals surface area contributed by atoms with E-state index in [0.29, 0.717) is 6.54 Å². The Morgan fingerprint density at radius 1 is 1.42 bits per heavy atom. The number of carbonyl (C=O) groups excluding carboxylic acids is 2. The molecule has 0 aliphatic carbocycles. The van der Waals surface area contributed by atoms with Crippen molar-refractivity contribution in [2.45, 2.75) is 6.04 Å². The molecule has 0 bridgehead atoms. The number of amides is 2. The first-order valence-corrected chi connectivity index (χ1v) is 5.93. The van der Waals surface area contributed by atoms with Crippen molar-refractivity contribution in [2.24, 2.45) is 0 Å². The molecule has 0 saturated carbocycles. The van der Waals surface area contributed by atoms with E-state index in [1.807, 2.05) is 25.1 Å². The zero-order valence-corrected chi connectivity index (χ0v) is 11.2. The van der Waals surface area contributed by atoms with Gasteiger partial charge in [0.15, 0.2) is 0 Å². The number of hydrogen-bond donors (Lipinski definition) is 2. The van der Waals surface area contributed by atoms with Gasteiger partial charge >= 0.3 is 11.8 Å². The minimum absolute atomic E-state index is 0.119. The Morgan fingerprint density at radius 2 is 2.11 bits per heavy atom. The van der Waals surface area contributed by atoms with Gasteiger partial charge in [-0.25, -0.2) is 0 Å². The van der Waals surface area contributed by atoms with Crippen LogP contribution in [0.25, 0.3) is 0 Å². The molecule has 0 aromatic carbocycles. The van der Waals surface area contributed by atoms with Crippen molar-refractivity contribution in [2.75, 3.05) is 27.2 Å². The average Bonchev–Trinajstić information content (AvgIpc) is 2.89. The van der Waals surface area contributed by atoms with Crippen molar-refractivity contribution in [1.82, 2.24) is 15.5 Å². The molecule has 104 valence electrons. The summed E-state index contributed by atoms with van der Waals surface area (Å²) in [5.74, 6) is -0.603. The molecule has 0 aliphatic rings. The largest absolute Gasteiger partial charge is 0.468 e. The fourth-order valence-corrected chi connectivity index (χ4v) is 1.53. The first kappa shape index (κ1) is 15.0. The van der Waals surface area contributed by atoms with Gasteiger partial charge in [-0.15, -0.1) is 6.58 Å². The minimum Gasteiger partial charge on any atom is -0.468 e. The van der Waals surface area contributed by atoms with E-state index in [4.69, 9.17) is 4.42 Å². The molecule has 0 radical (unpaired) electrons. The number of likely N-dealkylation sites (N-methyl/N-ethyl adjacent to an activating group) is 1. The summed E-state index contributed by atoms with van der Waals surface area (Å²) in [6.45, 7) is 4.02. The second-order valence-corrected chi connectivity index (χ2v) is 4.20. The van der Waals surface area contributed by atoms with E-state index in [0.717, 1.165) is 5.76 Å². The number of carbonyl (C=O) groups is 2. The first-order chi connectivity index (χ1) is 9.06. The summed E-state index contributed by atoms with van der Waals surface area (Å²) >= 11 is 0. The second kappa shape index (κ2) is 7.38. The highest BCUT2D eigenvalue weighted by Crippen LogP contribution is 2.17. The van der Waals surface area contributed by atoms with Gasteiger partial charge in [0.1, 0.15) is 5.76 Å². The summed E-state index contributed by atoms with van der Waals surface area (Å²) in [7, 11) is 3.74. The molecular formula is C13H19N3O3. The van der Waals surface area contributed by atoms with Crippen LogP contribution in [0.1, 0.15) is 11.8 Å². The Bertz CT molecular complexity index is 426. The van der Waals surface area contributed by atoms with Crippen molar-refractivity contribution >= 4 is 11.8 Å². The van der Waals surface area contributed by atoms with Crippen molar-refractivity contribution < 1.29 is 14.0 Å². The SMILES string of the molecule is C=CCNC(=O)C(=O)NC[C@@H](c1ccco1)N(C)C. The van der Waals surface area contributed by atoms with Crippen LogP contribution in [0.15, 0.2) is 35.5 Å². The third kappa shape index (κ3) is 4.59. The Kier molecular flexibility index (Phi) is 5.81. The predicted molar refractivity (Wildman–Crippen MR) is 71.4 cm³/mol. The highest BCUT2D eigenvalue weighted by molar-refractivity contribution is 6.35. The maximum atomic E-state index is 11.5. The molecule has 0 unspecified atom stereocenters. The number of hydrogen-bond acceptors (Lipinski definition) is 4. The topological polar surface area (TPSA) is 74.6 Å². The molecule has 1 aromatic heterocycles. The van der Waals surface area contributed by atoms with Gasteiger partial charge in [0.2, 0.25) is 0 Å². The zero-order valence-electron chi connectivity index (χ0n) is 11.2. The van der Waals surface area contributed by atoms with Crippen molar-refractivity contribution in [3.63, 3.8) is 0 Å². The van der Waals surface area contributed by atoms with E-state index >= 15 is 0 Å². The predicted octanol–water partition coefficient (Wildman–Crippen LogP) is 0.301. The van der Waals surface area contributed by atoms with E-state index in [1.165, 1.54) is 6.08 Å². The average molecular weight is 265 g/mol. The standard InChI is InChI=1S/C13H19N3O3/c1-4-7-14-12(17)13(18)15-9-10(16(2)3)11-6-5-8-19-11/h4-6,8,10H,1,7,9H2,2-3H3,(H,14,17)(H,15,18)/t10-/m0/s1. The van der Waals surface area contributed by atoms with Gasteiger partial charge < -0.3 is 15.1 Å². The van der Waals surface area contributed by atoms with Gasteiger partial charge in [0.25, 0.3) is 0 Å². The summed E-state index contributed by atoms with van der Waals surface area (Å²) < 4.78 is 5.31. The second-order valence-electron chi connectivity index (χ2n) is 4.20. The smallest absolute Gasteiger partial charge is 0.309 e. The van der Waals surface area contributed by atoms with Crippen LogP contribution in [0.2, 0.25) is 0 Å². The monoisotopic (exact) mass is 265 g/mol. The van der Waals surface area contributed by atoms with Gasteiger partial charge in [-0.1, -0.05) is 6.08 Å². The lowest BCUT2D eigenvalue weighted by Crippen LogP contribution is -2.43. The molecule has 0 saturated heterocycles. The molecule has 19 heavy (non-hydrogen) atoms. The molecule has 1 aromatic rings. The van der Waals surface area contributed by atoms with Crippen molar-refractivity contribution in [3.8, 4) is 0 Å². The maximum absolute atomic E-state index is 11.5. The van der Waals surface area contributed by atoms with Crippen LogP contribution in [0.5, 0.6) is 0 Å². The Hall–Kier alpha value is -2.08. The number of furan rings is 1. The lowest BCUT2D eigenvalue weighted by atomic mass is 10.2. The summed E-state index contributed by atoms with van der Waals surface area (Å²) in [5, 5.41) is 4.99. The number of nitrogens with zero attached hydrogens (tertiary/aromatic N) is 1. The third-order valence-corrected chi connectivity index (χ3v) is 2.56. The van der Waals surface area contributed by atoms with Gasteiger partial charge in [-0.05, 0) is 26.2 Å². The van der Waals surface area contributed by atoms with E-state index in [2.05, 4.69) is 17.2 Å². The normalized spacial score (nSPS) is 11.9. The van der Waals surface area contributed by atoms with E-state index in [1.54, 1.807) is 12.3 Å². The van der Waals surface area contributed by atoms with Gasteiger partial charge in [-0.2, -0.15) is 0 Å². The fraction of sp³-hybridized carbons (Fsp3) is 0.385. The van der Waals surface area contributed by atoms with Crippen molar-refractivity contribution in [3.05, 3.63) is 36.8 Å². The summed E-state index contributed by atoms with van der Waals surface area (Å²) in [6.07, 6.45) is 3.08. The highest BCUT2D eigenvalue weighted by Gasteiger charge is 2.20. The fourth-order valence-electron chi connectivity index (χ4n) is 1.53. The summed E-state index contributed by atoms with van der Waals surface area (Å²) in [5.41, 5.74) is 0.